The first-order valence-corrected chi connectivity index (χ1v) is 10.1. The number of aliphatic imine (C=N–C) groups is 1. The molecule has 0 aliphatic heterocycles. The van der Waals surface area contributed by atoms with Crippen molar-refractivity contribution < 1.29 is 4.79 Å². The minimum atomic E-state index is 0. The Morgan fingerprint density at radius 3 is 2.74 bits per heavy atom. The Hall–Kier alpha value is -1.61. The molecule has 0 radical (unpaired) electrons. The van der Waals surface area contributed by atoms with Crippen molar-refractivity contribution >= 4 is 52.9 Å². The monoisotopic (exact) mass is 498 g/mol. The van der Waals surface area contributed by atoms with Crippen molar-refractivity contribution in [2.45, 2.75) is 39.3 Å². The summed E-state index contributed by atoms with van der Waals surface area (Å²) in [7, 11) is 0. The molecule has 27 heavy (non-hydrogen) atoms. The summed E-state index contributed by atoms with van der Waals surface area (Å²) < 4.78 is 0. The van der Waals surface area contributed by atoms with Crippen LogP contribution in [0.1, 0.15) is 36.6 Å². The van der Waals surface area contributed by atoms with Crippen molar-refractivity contribution in [1.29, 1.82) is 0 Å². The number of nitrogens with zero attached hydrogens (tertiary/aromatic N) is 1. The molecule has 1 aromatic heterocycles. The lowest BCUT2D eigenvalue weighted by atomic mass is 9.85. The number of thiophene rings is 1. The van der Waals surface area contributed by atoms with Gasteiger partial charge in [0, 0.05) is 23.0 Å². The van der Waals surface area contributed by atoms with Gasteiger partial charge < -0.3 is 16.0 Å². The molecule has 0 unspecified atom stereocenters. The van der Waals surface area contributed by atoms with E-state index in [2.05, 4.69) is 45.4 Å². The van der Waals surface area contributed by atoms with Crippen LogP contribution in [0.4, 0.5) is 5.69 Å². The van der Waals surface area contributed by atoms with Gasteiger partial charge in [-0.1, -0.05) is 24.6 Å². The van der Waals surface area contributed by atoms with Gasteiger partial charge >= 0.3 is 0 Å². The summed E-state index contributed by atoms with van der Waals surface area (Å²) in [5, 5.41) is 11.7. The number of nitrogens with one attached hydrogen (secondary N) is 3. The van der Waals surface area contributed by atoms with Gasteiger partial charge in [0.05, 0.1) is 13.1 Å². The molecule has 3 N–H and O–H groups in total. The molecule has 0 saturated heterocycles. The molecule has 1 amide bonds. The number of anilines is 1. The molecule has 1 aliphatic carbocycles. The average Bonchev–Trinajstić information content (AvgIpc) is 3.09. The summed E-state index contributed by atoms with van der Waals surface area (Å²) in [4.78, 5) is 18.0. The second-order valence-corrected chi connectivity index (χ2v) is 7.48. The predicted molar refractivity (Wildman–Crippen MR) is 124 cm³/mol. The normalized spacial score (nSPS) is 14.0. The Morgan fingerprint density at radius 2 is 2.07 bits per heavy atom. The summed E-state index contributed by atoms with van der Waals surface area (Å²) >= 11 is 1.73. The van der Waals surface area contributed by atoms with Gasteiger partial charge in [-0.05, 0) is 48.9 Å². The molecule has 1 saturated carbocycles. The van der Waals surface area contributed by atoms with Gasteiger partial charge in [0.15, 0.2) is 5.96 Å². The zero-order valence-electron chi connectivity index (χ0n) is 15.5. The third-order valence-electron chi connectivity index (χ3n) is 4.44. The van der Waals surface area contributed by atoms with Gasteiger partial charge in [0.1, 0.15) is 0 Å². The molecule has 0 atom stereocenters. The number of carbonyl (C=O) groups is 1. The topological polar surface area (TPSA) is 65.5 Å². The van der Waals surface area contributed by atoms with Crippen LogP contribution in [0.2, 0.25) is 0 Å². The fourth-order valence-electron chi connectivity index (χ4n) is 2.76. The predicted octanol–water partition coefficient (Wildman–Crippen LogP) is 4.36. The SMILES string of the molecule is CCNC(=NCc1cccc(NC(=O)C2CCC2)c1)NCc1cccs1.I. The number of hydrogen-bond acceptors (Lipinski definition) is 3. The van der Waals surface area contributed by atoms with E-state index >= 15 is 0 Å². The van der Waals surface area contributed by atoms with Gasteiger partial charge in [-0.25, -0.2) is 4.99 Å². The molecule has 1 fully saturated rings. The molecule has 3 rings (SSSR count). The minimum Gasteiger partial charge on any atom is -0.357 e. The van der Waals surface area contributed by atoms with Crippen LogP contribution in [0.5, 0.6) is 0 Å². The van der Waals surface area contributed by atoms with Crippen LogP contribution in [0.15, 0.2) is 46.8 Å². The Balaban J connectivity index is 0.00000261. The van der Waals surface area contributed by atoms with Crippen molar-refractivity contribution in [2.24, 2.45) is 10.9 Å². The van der Waals surface area contributed by atoms with Crippen molar-refractivity contribution in [3.8, 4) is 0 Å². The lowest BCUT2D eigenvalue weighted by molar-refractivity contribution is -0.122. The van der Waals surface area contributed by atoms with E-state index in [0.29, 0.717) is 6.54 Å². The number of guanidine groups is 1. The summed E-state index contributed by atoms with van der Waals surface area (Å²) in [6, 6.07) is 12.1. The maximum atomic E-state index is 12.1. The fourth-order valence-corrected chi connectivity index (χ4v) is 3.40. The van der Waals surface area contributed by atoms with E-state index in [1.807, 2.05) is 24.3 Å². The van der Waals surface area contributed by atoms with E-state index in [0.717, 1.165) is 43.1 Å². The highest BCUT2D eigenvalue weighted by molar-refractivity contribution is 14.0. The van der Waals surface area contributed by atoms with Crippen LogP contribution in [0.3, 0.4) is 0 Å². The van der Waals surface area contributed by atoms with Crippen molar-refractivity contribution in [1.82, 2.24) is 10.6 Å². The second kappa shape index (κ2) is 11.3. The second-order valence-electron chi connectivity index (χ2n) is 6.45. The standard InChI is InChI=1S/C20H26N4OS.HI/c1-2-21-20(23-14-18-10-5-11-26-18)22-13-15-6-3-9-17(12-15)24-19(25)16-7-4-8-16;/h3,5-6,9-12,16H,2,4,7-8,13-14H2,1H3,(H,24,25)(H2,21,22,23);1H. The smallest absolute Gasteiger partial charge is 0.227 e. The lowest BCUT2D eigenvalue weighted by Crippen LogP contribution is -2.36. The molecule has 2 aromatic rings. The number of hydrogen-bond donors (Lipinski definition) is 3. The molecular weight excluding hydrogens is 471 g/mol. The van der Waals surface area contributed by atoms with Crippen molar-refractivity contribution in [2.75, 3.05) is 11.9 Å². The van der Waals surface area contributed by atoms with Gasteiger partial charge in [0.2, 0.25) is 5.91 Å². The van der Waals surface area contributed by atoms with Gasteiger partial charge in [-0.3, -0.25) is 4.79 Å². The highest BCUT2D eigenvalue weighted by Gasteiger charge is 2.25. The van der Waals surface area contributed by atoms with E-state index in [-0.39, 0.29) is 35.8 Å². The first kappa shape index (κ1) is 21.7. The van der Waals surface area contributed by atoms with E-state index in [1.165, 1.54) is 11.3 Å². The van der Waals surface area contributed by atoms with Gasteiger partial charge in [0.25, 0.3) is 0 Å². The van der Waals surface area contributed by atoms with Crippen LogP contribution in [0.25, 0.3) is 0 Å². The maximum absolute atomic E-state index is 12.1. The Labute approximate surface area is 182 Å². The van der Waals surface area contributed by atoms with Crippen LogP contribution in [-0.2, 0) is 17.9 Å². The third kappa shape index (κ3) is 6.80. The first-order valence-electron chi connectivity index (χ1n) is 9.19. The minimum absolute atomic E-state index is 0. The molecule has 5 nitrogen and oxygen atoms in total. The highest BCUT2D eigenvalue weighted by Crippen LogP contribution is 2.27. The molecule has 1 aromatic carbocycles. The average molecular weight is 498 g/mol. The highest BCUT2D eigenvalue weighted by atomic mass is 127. The van der Waals surface area contributed by atoms with Gasteiger partial charge in [-0.2, -0.15) is 0 Å². The molecule has 7 heteroatoms. The molecule has 0 spiro atoms. The molecule has 146 valence electrons. The molecule has 1 aliphatic rings. The molecule has 0 bridgehead atoms. The van der Waals surface area contributed by atoms with Crippen LogP contribution >= 0.6 is 35.3 Å². The van der Waals surface area contributed by atoms with E-state index in [4.69, 9.17) is 0 Å². The van der Waals surface area contributed by atoms with E-state index in [1.54, 1.807) is 11.3 Å². The van der Waals surface area contributed by atoms with Crippen molar-refractivity contribution in [3.05, 3.63) is 52.2 Å². The first-order chi connectivity index (χ1) is 12.7. The Kier molecular flexibility index (Phi) is 9.06. The number of carbonyl (C=O) groups excluding carboxylic acids is 1. The van der Waals surface area contributed by atoms with Crippen LogP contribution in [-0.4, -0.2) is 18.4 Å². The fraction of sp³-hybridized carbons (Fsp3) is 0.400. The number of amides is 1. The van der Waals surface area contributed by atoms with Crippen LogP contribution < -0.4 is 16.0 Å². The van der Waals surface area contributed by atoms with Crippen LogP contribution in [0, 0.1) is 5.92 Å². The quantitative estimate of drug-likeness (QED) is 0.302. The Bertz CT molecular complexity index is 744. The zero-order chi connectivity index (χ0) is 18.2. The van der Waals surface area contributed by atoms with Gasteiger partial charge in [-0.15, -0.1) is 35.3 Å². The number of halogens is 1. The van der Waals surface area contributed by atoms with E-state index in [9.17, 15) is 4.79 Å². The lowest BCUT2D eigenvalue weighted by Gasteiger charge is -2.24. The Morgan fingerprint density at radius 1 is 1.22 bits per heavy atom. The maximum Gasteiger partial charge on any atom is 0.227 e. The summed E-state index contributed by atoms with van der Waals surface area (Å²) in [6.45, 7) is 4.20. The number of benzene rings is 1. The molecule has 1 heterocycles. The third-order valence-corrected chi connectivity index (χ3v) is 5.32. The largest absolute Gasteiger partial charge is 0.357 e. The zero-order valence-corrected chi connectivity index (χ0v) is 18.7. The summed E-state index contributed by atoms with van der Waals surface area (Å²) in [6.07, 6.45) is 3.19. The number of rotatable bonds is 7. The van der Waals surface area contributed by atoms with Crippen molar-refractivity contribution in [3.63, 3.8) is 0 Å². The molecular formula is C20H27IN4OS. The van der Waals surface area contributed by atoms with E-state index < -0.39 is 0 Å². The summed E-state index contributed by atoms with van der Waals surface area (Å²) in [5.41, 5.74) is 1.93. The summed E-state index contributed by atoms with van der Waals surface area (Å²) in [5.74, 6) is 1.13.